The lowest BCUT2D eigenvalue weighted by Crippen LogP contribution is -2.06. The third-order valence-corrected chi connectivity index (χ3v) is 4.48. The Morgan fingerprint density at radius 3 is 2.86 bits per heavy atom. The highest BCUT2D eigenvalue weighted by Gasteiger charge is 2.17. The molecule has 1 aromatic heterocycles. The van der Waals surface area contributed by atoms with Crippen molar-refractivity contribution >= 4 is 15.9 Å². The molecule has 0 amide bonds. The van der Waals surface area contributed by atoms with Crippen molar-refractivity contribution in [2.24, 2.45) is 0 Å². The van der Waals surface area contributed by atoms with Crippen LogP contribution in [0.5, 0.6) is 5.75 Å². The number of halogens is 2. The monoisotopic (exact) mass is 352 g/mol. The van der Waals surface area contributed by atoms with Gasteiger partial charge in [0.05, 0.1) is 11.7 Å². The molecule has 1 fully saturated rings. The lowest BCUT2D eigenvalue weighted by Gasteiger charge is -2.09. The highest BCUT2D eigenvalue weighted by molar-refractivity contribution is 9.08. The number of aromatic nitrogens is 2. The van der Waals surface area contributed by atoms with Crippen LogP contribution in [0.25, 0.3) is 0 Å². The van der Waals surface area contributed by atoms with Crippen molar-refractivity contribution in [3.8, 4) is 5.75 Å². The second-order valence-corrected chi connectivity index (χ2v) is 6.00. The van der Waals surface area contributed by atoms with E-state index in [9.17, 15) is 4.39 Å². The predicted molar refractivity (Wildman–Crippen MR) is 83.1 cm³/mol. The molecule has 0 atom stereocenters. The van der Waals surface area contributed by atoms with Crippen molar-refractivity contribution in [1.82, 2.24) is 9.78 Å². The highest BCUT2D eigenvalue weighted by Crippen LogP contribution is 2.28. The van der Waals surface area contributed by atoms with Crippen LogP contribution in [-0.2, 0) is 11.9 Å². The summed E-state index contributed by atoms with van der Waals surface area (Å²) in [6.07, 6.45) is 7.01. The molecule has 0 saturated heterocycles. The zero-order chi connectivity index (χ0) is 14.7. The first-order valence-corrected chi connectivity index (χ1v) is 8.39. The minimum Gasteiger partial charge on any atom is -0.487 e. The summed E-state index contributed by atoms with van der Waals surface area (Å²) in [5.74, 6) is 0.262. The molecule has 1 aromatic carbocycles. The summed E-state index contributed by atoms with van der Waals surface area (Å²) in [5, 5.41) is 5.17. The second kappa shape index (κ2) is 6.60. The van der Waals surface area contributed by atoms with Crippen LogP contribution in [-0.4, -0.2) is 9.78 Å². The highest BCUT2D eigenvalue weighted by atomic mass is 79.9. The molecule has 1 aliphatic rings. The molecular formula is C16H18BrFN2O. The molecule has 0 bridgehead atoms. The van der Waals surface area contributed by atoms with Gasteiger partial charge in [0.1, 0.15) is 18.2 Å². The van der Waals surface area contributed by atoms with Crippen LogP contribution < -0.4 is 4.74 Å². The summed E-state index contributed by atoms with van der Waals surface area (Å²) >= 11 is 3.32. The third kappa shape index (κ3) is 3.64. The predicted octanol–water partition coefficient (Wildman–Crippen LogP) is 4.61. The van der Waals surface area contributed by atoms with E-state index < -0.39 is 0 Å². The van der Waals surface area contributed by atoms with E-state index in [-0.39, 0.29) is 5.82 Å². The molecule has 0 radical (unpaired) electrons. The molecule has 0 aliphatic heterocycles. The molecular weight excluding hydrogens is 335 g/mol. The summed E-state index contributed by atoms with van der Waals surface area (Å²) in [5.41, 5.74) is 1.74. The van der Waals surface area contributed by atoms with E-state index in [1.54, 1.807) is 0 Å². The van der Waals surface area contributed by atoms with Crippen LogP contribution in [0.3, 0.4) is 0 Å². The van der Waals surface area contributed by atoms with Gasteiger partial charge in [-0.1, -0.05) is 28.8 Å². The Bertz CT molecular complexity index is 608. The Balaban J connectivity index is 1.63. The number of alkyl halides is 1. The van der Waals surface area contributed by atoms with Crippen molar-refractivity contribution in [1.29, 1.82) is 0 Å². The smallest absolute Gasteiger partial charge is 0.132 e. The summed E-state index contributed by atoms with van der Waals surface area (Å²) in [7, 11) is 0. The Morgan fingerprint density at radius 1 is 1.29 bits per heavy atom. The Labute approximate surface area is 132 Å². The molecule has 112 valence electrons. The van der Waals surface area contributed by atoms with Gasteiger partial charge >= 0.3 is 0 Å². The van der Waals surface area contributed by atoms with Crippen molar-refractivity contribution in [3.05, 3.63) is 47.5 Å². The lowest BCUT2D eigenvalue weighted by molar-refractivity contribution is 0.296. The van der Waals surface area contributed by atoms with Gasteiger partial charge in [-0.25, -0.2) is 4.39 Å². The van der Waals surface area contributed by atoms with Crippen LogP contribution in [0.4, 0.5) is 4.39 Å². The number of nitrogens with zero attached hydrogens (tertiary/aromatic N) is 2. The van der Waals surface area contributed by atoms with Gasteiger partial charge < -0.3 is 4.74 Å². The molecule has 3 rings (SSSR count). The van der Waals surface area contributed by atoms with Gasteiger partial charge in [0, 0.05) is 17.6 Å². The SMILES string of the molecule is Fc1cc(CBr)cc(OCc2ccn(C3CCCC3)n2)c1. The fraction of sp³-hybridized carbons (Fsp3) is 0.438. The molecule has 0 N–H and O–H groups in total. The second-order valence-electron chi connectivity index (χ2n) is 5.44. The largest absolute Gasteiger partial charge is 0.487 e. The third-order valence-electron chi connectivity index (χ3n) is 3.83. The van der Waals surface area contributed by atoms with Gasteiger partial charge in [0.2, 0.25) is 0 Å². The molecule has 1 saturated carbocycles. The number of rotatable bonds is 5. The van der Waals surface area contributed by atoms with E-state index in [0.29, 0.717) is 23.7 Å². The molecule has 0 spiro atoms. The van der Waals surface area contributed by atoms with Crippen LogP contribution in [0.2, 0.25) is 0 Å². The first-order chi connectivity index (χ1) is 10.2. The van der Waals surface area contributed by atoms with Crippen LogP contribution in [0.15, 0.2) is 30.5 Å². The van der Waals surface area contributed by atoms with Crippen LogP contribution in [0, 0.1) is 5.82 Å². The van der Waals surface area contributed by atoms with Gasteiger partial charge in [-0.15, -0.1) is 0 Å². The molecule has 1 heterocycles. The Hall–Kier alpha value is -1.36. The number of benzene rings is 1. The van der Waals surface area contributed by atoms with E-state index >= 15 is 0 Å². The molecule has 0 unspecified atom stereocenters. The average Bonchev–Trinajstić information content (AvgIpc) is 3.15. The minimum atomic E-state index is -0.279. The zero-order valence-electron chi connectivity index (χ0n) is 11.8. The molecule has 1 aliphatic carbocycles. The van der Waals surface area contributed by atoms with Gasteiger partial charge in [-0.3, -0.25) is 4.68 Å². The van der Waals surface area contributed by atoms with Gasteiger partial charge in [-0.05, 0) is 36.6 Å². The quantitative estimate of drug-likeness (QED) is 0.734. The summed E-state index contributed by atoms with van der Waals surface area (Å²) < 4.78 is 21.1. The van der Waals surface area contributed by atoms with Crippen molar-refractivity contribution in [3.63, 3.8) is 0 Å². The number of hydrogen-bond acceptors (Lipinski definition) is 2. The van der Waals surface area contributed by atoms with Gasteiger partial charge in [0.15, 0.2) is 0 Å². The first-order valence-electron chi connectivity index (χ1n) is 7.27. The fourth-order valence-electron chi connectivity index (χ4n) is 2.77. The normalized spacial score (nSPS) is 15.5. The zero-order valence-corrected chi connectivity index (χ0v) is 13.4. The molecule has 21 heavy (non-hydrogen) atoms. The lowest BCUT2D eigenvalue weighted by atomic mass is 10.2. The standard InChI is InChI=1S/C16H18BrFN2O/c17-10-12-7-13(18)9-16(8-12)21-11-14-5-6-20(19-14)15-3-1-2-4-15/h5-9,15H,1-4,10-11H2. The summed E-state index contributed by atoms with van der Waals surface area (Å²) in [6.45, 7) is 0.366. The topological polar surface area (TPSA) is 27.1 Å². The number of hydrogen-bond donors (Lipinski definition) is 0. The maximum Gasteiger partial charge on any atom is 0.132 e. The van der Waals surface area contributed by atoms with E-state index in [2.05, 4.69) is 21.0 Å². The molecule has 5 heteroatoms. The molecule has 2 aromatic rings. The maximum atomic E-state index is 13.4. The summed E-state index contributed by atoms with van der Waals surface area (Å²) in [6, 6.07) is 7.25. The van der Waals surface area contributed by atoms with Crippen molar-refractivity contribution in [2.75, 3.05) is 0 Å². The van der Waals surface area contributed by atoms with E-state index in [0.717, 1.165) is 11.3 Å². The maximum absolute atomic E-state index is 13.4. The van der Waals surface area contributed by atoms with Gasteiger partial charge in [-0.2, -0.15) is 5.10 Å². The van der Waals surface area contributed by atoms with E-state index in [4.69, 9.17) is 4.74 Å². The minimum absolute atomic E-state index is 0.279. The fourth-order valence-corrected chi connectivity index (χ4v) is 3.09. The van der Waals surface area contributed by atoms with Crippen molar-refractivity contribution in [2.45, 2.75) is 43.7 Å². The first kappa shape index (κ1) is 14.6. The van der Waals surface area contributed by atoms with Gasteiger partial charge in [0.25, 0.3) is 0 Å². The van der Waals surface area contributed by atoms with Crippen molar-refractivity contribution < 1.29 is 9.13 Å². The van der Waals surface area contributed by atoms with E-state index in [1.807, 2.05) is 23.0 Å². The Morgan fingerprint density at radius 2 is 2.10 bits per heavy atom. The van der Waals surface area contributed by atoms with Crippen LogP contribution in [0.1, 0.15) is 43.0 Å². The summed E-state index contributed by atoms with van der Waals surface area (Å²) in [4.78, 5) is 0. The average molecular weight is 353 g/mol. The Kier molecular flexibility index (Phi) is 4.58. The number of ether oxygens (including phenoxy) is 1. The van der Waals surface area contributed by atoms with Crippen LogP contribution >= 0.6 is 15.9 Å². The van der Waals surface area contributed by atoms with E-state index in [1.165, 1.54) is 37.8 Å². The molecule has 3 nitrogen and oxygen atoms in total.